The van der Waals surface area contributed by atoms with Gasteiger partial charge in [-0.25, -0.2) is 4.98 Å². The van der Waals surface area contributed by atoms with Gasteiger partial charge in [-0.3, -0.25) is 10.6 Å². The Hall–Kier alpha value is -1.79. The zero-order chi connectivity index (χ0) is 15.2. The summed E-state index contributed by atoms with van der Waals surface area (Å²) < 4.78 is 0. The number of nitrogens with two attached hydrogens (primary N) is 1. The molecule has 118 valence electrons. The maximum Gasteiger partial charge on any atom is 0.223 e. The van der Waals surface area contributed by atoms with Crippen LogP contribution in [0.5, 0.6) is 0 Å². The summed E-state index contributed by atoms with van der Waals surface area (Å²) in [6.45, 7) is 0. The number of rotatable bonds is 2. The summed E-state index contributed by atoms with van der Waals surface area (Å²) in [6, 6.07) is 15.7. The third-order valence-corrected chi connectivity index (χ3v) is 4.82. The molecule has 4 rings (SSSR count). The molecule has 3 N–H and O–H groups in total. The molecule has 1 aliphatic heterocycles. The number of nitrogens with one attached hydrogen (secondary N) is 1. The van der Waals surface area contributed by atoms with Gasteiger partial charge in [0.2, 0.25) is 5.79 Å². The van der Waals surface area contributed by atoms with Crippen LogP contribution in [0.25, 0.3) is 0 Å². The lowest BCUT2D eigenvalue weighted by Gasteiger charge is -2.34. The molecule has 0 fully saturated rings. The van der Waals surface area contributed by atoms with Crippen molar-refractivity contribution in [2.75, 3.05) is 10.2 Å². The SMILES string of the molecule is Cl.NC1(c2nccs2)Nc2ccccc2N1c1ccc(Cl)cc1. The first-order valence-electron chi connectivity index (χ1n) is 6.80. The average molecular weight is 365 g/mol. The van der Waals surface area contributed by atoms with Gasteiger partial charge in [-0.05, 0) is 36.4 Å². The molecule has 1 atom stereocenters. The Balaban J connectivity index is 0.00000156. The Labute approximate surface area is 149 Å². The number of para-hydroxylation sites is 2. The zero-order valence-corrected chi connectivity index (χ0v) is 14.3. The van der Waals surface area contributed by atoms with Crippen molar-refractivity contribution in [2.45, 2.75) is 5.79 Å². The highest BCUT2D eigenvalue weighted by Crippen LogP contribution is 2.47. The van der Waals surface area contributed by atoms with Crippen LogP contribution in [-0.2, 0) is 5.79 Å². The molecular weight excluding hydrogens is 351 g/mol. The predicted molar refractivity (Wildman–Crippen MR) is 98.9 cm³/mol. The molecule has 1 unspecified atom stereocenters. The van der Waals surface area contributed by atoms with Gasteiger partial charge < -0.3 is 5.32 Å². The van der Waals surface area contributed by atoms with Crippen LogP contribution in [0.3, 0.4) is 0 Å². The number of aromatic nitrogens is 1. The largest absolute Gasteiger partial charge is 0.343 e. The van der Waals surface area contributed by atoms with Crippen molar-refractivity contribution in [3.8, 4) is 0 Å². The van der Waals surface area contributed by atoms with Crippen molar-refractivity contribution in [1.82, 2.24) is 4.98 Å². The average Bonchev–Trinajstić information content (AvgIpc) is 3.14. The number of benzene rings is 2. The molecule has 1 aliphatic rings. The van der Waals surface area contributed by atoms with E-state index in [1.54, 1.807) is 6.20 Å². The monoisotopic (exact) mass is 364 g/mol. The molecule has 0 spiro atoms. The van der Waals surface area contributed by atoms with Gasteiger partial charge in [0.05, 0.1) is 11.4 Å². The van der Waals surface area contributed by atoms with E-state index in [9.17, 15) is 0 Å². The van der Waals surface area contributed by atoms with Crippen molar-refractivity contribution in [3.05, 3.63) is 70.1 Å². The van der Waals surface area contributed by atoms with E-state index < -0.39 is 5.79 Å². The fourth-order valence-corrected chi connectivity index (χ4v) is 3.54. The number of fused-ring (bicyclic) bond motifs is 1. The summed E-state index contributed by atoms with van der Waals surface area (Å²) in [4.78, 5) is 6.46. The highest BCUT2D eigenvalue weighted by atomic mass is 35.5. The molecule has 0 bridgehead atoms. The van der Waals surface area contributed by atoms with Crippen LogP contribution in [0.2, 0.25) is 5.02 Å². The Morgan fingerprint density at radius 3 is 2.57 bits per heavy atom. The van der Waals surface area contributed by atoms with Crippen LogP contribution >= 0.6 is 35.3 Å². The Morgan fingerprint density at radius 2 is 1.87 bits per heavy atom. The summed E-state index contributed by atoms with van der Waals surface area (Å²) in [5.74, 6) is -0.911. The van der Waals surface area contributed by atoms with E-state index in [1.165, 1.54) is 11.3 Å². The molecule has 2 aromatic carbocycles. The maximum atomic E-state index is 6.72. The summed E-state index contributed by atoms with van der Waals surface area (Å²) in [5, 5.41) is 6.82. The Morgan fingerprint density at radius 1 is 1.13 bits per heavy atom. The lowest BCUT2D eigenvalue weighted by molar-refractivity contribution is 0.540. The number of thiazole rings is 1. The van der Waals surface area contributed by atoms with Crippen molar-refractivity contribution >= 4 is 52.4 Å². The number of halogens is 2. The van der Waals surface area contributed by atoms with E-state index in [2.05, 4.69) is 15.2 Å². The minimum atomic E-state index is -0.911. The summed E-state index contributed by atoms with van der Waals surface area (Å²) in [5.41, 5.74) is 9.67. The van der Waals surface area contributed by atoms with Gasteiger partial charge in [0.15, 0.2) is 5.01 Å². The van der Waals surface area contributed by atoms with Crippen molar-refractivity contribution in [2.24, 2.45) is 5.73 Å². The second-order valence-corrected chi connectivity index (χ2v) is 6.39. The minimum Gasteiger partial charge on any atom is -0.343 e. The Bertz CT molecular complexity index is 807. The smallest absolute Gasteiger partial charge is 0.223 e. The molecule has 3 aromatic rings. The van der Waals surface area contributed by atoms with Crippen molar-refractivity contribution in [1.29, 1.82) is 0 Å². The summed E-state index contributed by atoms with van der Waals surface area (Å²) >= 11 is 7.54. The first kappa shape index (κ1) is 16.1. The van der Waals surface area contributed by atoms with E-state index in [1.807, 2.05) is 53.9 Å². The number of hydrogen-bond acceptors (Lipinski definition) is 5. The molecule has 0 saturated carbocycles. The molecule has 0 saturated heterocycles. The highest BCUT2D eigenvalue weighted by molar-refractivity contribution is 7.09. The summed E-state index contributed by atoms with van der Waals surface area (Å²) in [6.07, 6.45) is 1.76. The van der Waals surface area contributed by atoms with Crippen molar-refractivity contribution < 1.29 is 0 Å². The van der Waals surface area contributed by atoms with Crippen LogP contribution in [-0.4, -0.2) is 4.98 Å². The number of hydrogen-bond donors (Lipinski definition) is 2. The van der Waals surface area contributed by atoms with Gasteiger partial charge in [-0.1, -0.05) is 23.7 Å². The van der Waals surface area contributed by atoms with E-state index in [0.717, 1.165) is 22.1 Å². The van der Waals surface area contributed by atoms with E-state index in [4.69, 9.17) is 17.3 Å². The van der Waals surface area contributed by atoms with E-state index in [-0.39, 0.29) is 12.4 Å². The van der Waals surface area contributed by atoms with Gasteiger partial charge in [-0.2, -0.15) is 0 Å². The lowest BCUT2D eigenvalue weighted by atomic mass is 10.2. The number of anilines is 3. The molecule has 23 heavy (non-hydrogen) atoms. The van der Waals surface area contributed by atoms with Gasteiger partial charge in [0, 0.05) is 22.3 Å². The zero-order valence-electron chi connectivity index (χ0n) is 11.9. The van der Waals surface area contributed by atoms with Crippen LogP contribution in [0.15, 0.2) is 60.1 Å². The third kappa shape index (κ3) is 2.56. The topological polar surface area (TPSA) is 54.2 Å². The van der Waals surface area contributed by atoms with Gasteiger partial charge in [-0.15, -0.1) is 23.7 Å². The molecule has 1 aromatic heterocycles. The predicted octanol–water partition coefficient (Wildman–Crippen LogP) is 4.55. The van der Waals surface area contributed by atoms with Gasteiger partial charge in [0.25, 0.3) is 0 Å². The van der Waals surface area contributed by atoms with E-state index in [0.29, 0.717) is 5.02 Å². The highest BCUT2D eigenvalue weighted by Gasteiger charge is 2.44. The molecule has 0 amide bonds. The van der Waals surface area contributed by atoms with Crippen LogP contribution in [0.4, 0.5) is 17.1 Å². The first-order valence-corrected chi connectivity index (χ1v) is 8.06. The molecule has 2 heterocycles. The van der Waals surface area contributed by atoms with Crippen molar-refractivity contribution in [3.63, 3.8) is 0 Å². The minimum absolute atomic E-state index is 0. The standard InChI is InChI=1S/C16H13ClN4S.ClH/c17-11-5-7-12(8-6-11)21-14-4-2-1-3-13(14)20-16(21,18)15-19-9-10-22-15;/h1-10,20H,18H2;1H. The fraction of sp³-hybridized carbons (Fsp3) is 0.0625. The van der Waals surface area contributed by atoms with Gasteiger partial charge in [0.1, 0.15) is 0 Å². The molecule has 0 aliphatic carbocycles. The van der Waals surface area contributed by atoms with Crippen LogP contribution in [0, 0.1) is 0 Å². The Kier molecular flexibility index (Phi) is 4.21. The fourth-order valence-electron chi connectivity index (χ4n) is 2.72. The quantitative estimate of drug-likeness (QED) is 0.700. The third-order valence-electron chi connectivity index (χ3n) is 3.67. The second kappa shape index (κ2) is 6.02. The second-order valence-electron chi connectivity index (χ2n) is 5.06. The lowest BCUT2D eigenvalue weighted by Crippen LogP contribution is -2.53. The normalized spacial score (nSPS) is 19.0. The van der Waals surface area contributed by atoms with Crippen LogP contribution < -0.4 is 16.0 Å². The number of nitrogens with zero attached hydrogens (tertiary/aromatic N) is 2. The molecule has 7 heteroatoms. The first-order chi connectivity index (χ1) is 10.7. The van der Waals surface area contributed by atoms with Crippen LogP contribution in [0.1, 0.15) is 5.01 Å². The maximum absolute atomic E-state index is 6.72. The molecule has 0 radical (unpaired) electrons. The summed E-state index contributed by atoms with van der Waals surface area (Å²) in [7, 11) is 0. The molecule has 4 nitrogen and oxygen atoms in total. The van der Waals surface area contributed by atoms with Gasteiger partial charge >= 0.3 is 0 Å². The van der Waals surface area contributed by atoms with E-state index >= 15 is 0 Å². The molecular formula is C16H14Cl2N4S.